The molecular weight excluding hydrogens is 222 g/mol. The van der Waals surface area contributed by atoms with Gasteiger partial charge in [0.15, 0.2) is 0 Å². The van der Waals surface area contributed by atoms with Crippen LogP contribution >= 0.6 is 0 Å². The normalized spacial score (nSPS) is 20.4. The van der Waals surface area contributed by atoms with E-state index in [2.05, 4.69) is 11.9 Å². The zero-order valence-corrected chi connectivity index (χ0v) is 9.59. The molecule has 5 heteroatoms. The number of hydrogen-bond donors (Lipinski definition) is 2. The highest BCUT2D eigenvalue weighted by molar-refractivity contribution is 5.80. The first-order valence-electron chi connectivity index (χ1n) is 5.58. The SMILES string of the molecule is C=CCOC(=O)N[C@H](C(=O)O)[C@@H]1C=CCCC1. The molecule has 0 aliphatic heterocycles. The highest BCUT2D eigenvalue weighted by atomic mass is 16.5. The van der Waals surface area contributed by atoms with Crippen LogP contribution in [0.2, 0.25) is 0 Å². The first-order valence-corrected chi connectivity index (χ1v) is 5.58. The number of nitrogens with one attached hydrogen (secondary N) is 1. The quantitative estimate of drug-likeness (QED) is 0.716. The number of alkyl carbamates (subject to hydrolysis) is 1. The van der Waals surface area contributed by atoms with Crippen molar-refractivity contribution in [3.8, 4) is 0 Å². The summed E-state index contributed by atoms with van der Waals surface area (Å²) in [6, 6.07) is -0.927. The van der Waals surface area contributed by atoms with Gasteiger partial charge in [-0.1, -0.05) is 24.8 Å². The highest BCUT2D eigenvalue weighted by Crippen LogP contribution is 2.20. The maximum atomic E-state index is 11.3. The monoisotopic (exact) mass is 239 g/mol. The molecule has 0 radical (unpaired) electrons. The number of ether oxygens (including phenoxy) is 1. The lowest BCUT2D eigenvalue weighted by Gasteiger charge is -2.23. The maximum absolute atomic E-state index is 11.3. The van der Waals surface area contributed by atoms with Crippen LogP contribution in [0.1, 0.15) is 19.3 Å². The van der Waals surface area contributed by atoms with Gasteiger partial charge in [-0.15, -0.1) is 0 Å². The van der Waals surface area contributed by atoms with Gasteiger partial charge in [-0.25, -0.2) is 9.59 Å². The second-order valence-corrected chi connectivity index (χ2v) is 3.87. The van der Waals surface area contributed by atoms with Crippen LogP contribution in [-0.4, -0.2) is 29.8 Å². The lowest BCUT2D eigenvalue weighted by Crippen LogP contribution is -2.46. The van der Waals surface area contributed by atoms with E-state index in [0.717, 1.165) is 19.3 Å². The standard InChI is InChI=1S/C12H17NO4/c1-2-8-17-12(16)13-10(11(14)15)9-6-4-3-5-7-9/h2,4,6,9-10H,1,3,5,7-8H2,(H,13,16)(H,14,15)/t9-,10+/m1/s1. The summed E-state index contributed by atoms with van der Waals surface area (Å²) in [5.74, 6) is -1.21. The van der Waals surface area contributed by atoms with Crippen LogP contribution < -0.4 is 5.32 Å². The fourth-order valence-electron chi connectivity index (χ4n) is 1.77. The van der Waals surface area contributed by atoms with E-state index in [9.17, 15) is 9.59 Å². The van der Waals surface area contributed by atoms with Crippen molar-refractivity contribution in [3.63, 3.8) is 0 Å². The molecule has 0 heterocycles. The van der Waals surface area contributed by atoms with E-state index in [1.165, 1.54) is 6.08 Å². The van der Waals surface area contributed by atoms with Gasteiger partial charge in [-0.05, 0) is 19.3 Å². The molecule has 0 spiro atoms. The molecule has 1 aliphatic rings. The van der Waals surface area contributed by atoms with Crippen molar-refractivity contribution in [1.29, 1.82) is 0 Å². The van der Waals surface area contributed by atoms with E-state index in [0.29, 0.717) is 0 Å². The van der Waals surface area contributed by atoms with Crippen molar-refractivity contribution in [3.05, 3.63) is 24.8 Å². The first-order chi connectivity index (χ1) is 8.15. The summed E-state index contributed by atoms with van der Waals surface area (Å²) in [6.45, 7) is 3.47. The maximum Gasteiger partial charge on any atom is 0.408 e. The van der Waals surface area contributed by atoms with Crippen molar-refractivity contribution in [2.75, 3.05) is 6.61 Å². The van der Waals surface area contributed by atoms with Crippen LogP contribution in [0.15, 0.2) is 24.8 Å². The Kier molecular flexibility index (Phi) is 5.26. The van der Waals surface area contributed by atoms with Crippen molar-refractivity contribution >= 4 is 12.1 Å². The number of carboxylic acid groups (broad SMARTS) is 1. The third kappa shape index (κ3) is 4.30. The summed E-state index contributed by atoms with van der Waals surface area (Å²) >= 11 is 0. The van der Waals surface area contributed by atoms with Crippen LogP contribution in [0.3, 0.4) is 0 Å². The summed E-state index contributed by atoms with van der Waals surface area (Å²) in [5, 5.41) is 11.4. The molecule has 0 unspecified atom stereocenters. The van der Waals surface area contributed by atoms with Crippen molar-refractivity contribution in [2.24, 2.45) is 5.92 Å². The first kappa shape index (κ1) is 13.3. The highest BCUT2D eigenvalue weighted by Gasteiger charge is 2.29. The van der Waals surface area contributed by atoms with Gasteiger partial charge in [0.05, 0.1) is 0 Å². The molecule has 0 aromatic carbocycles. The largest absolute Gasteiger partial charge is 0.480 e. The van der Waals surface area contributed by atoms with Gasteiger partial charge in [0.2, 0.25) is 0 Å². The average Bonchev–Trinajstić information content (AvgIpc) is 2.34. The minimum atomic E-state index is -1.04. The smallest absolute Gasteiger partial charge is 0.408 e. The topological polar surface area (TPSA) is 75.6 Å². The molecule has 0 saturated carbocycles. The third-order valence-electron chi connectivity index (χ3n) is 2.59. The molecule has 0 aromatic heterocycles. The Morgan fingerprint density at radius 1 is 1.65 bits per heavy atom. The summed E-state index contributed by atoms with van der Waals surface area (Å²) in [6.07, 6.45) is 7.15. The van der Waals surface area contributed by atoms with Gasteiger partial charge in [-0.3, -0.25) is 0 Å². The zero-order valence-electron chi connectivity index (χ0n) is 9.59. The van der Waals surface area contributed by atoms with Gasteiger partial charge in [0.1, 0.15) is 12.6 Å². The molecule has 0 saturated heterocycles. The van der Waals surface area contributed by atoms with Gasteiger partial charge >= 0.3 is 12.1 Å². The summed E-state index contributed by atoms with van der Waals surface area (Å²) in [7, 11) is 0. The van der Waals surface area contributed by atoms with Crippen LogP contribution in [0.25, 0.3) is 0 Å². The molecular formula is C12H17NO4. The number of carbonyl (C=O) groups is 2. The Bertz CT molecular complexity index is 324. The van der Waals surface area contributed by atoms with Gasteiger partial charge < -0.3 is 15.2 Å². The second kappa shape index (κ2) is 6.73. The zero-order chi connectivity index (χ0) is 12.7. The molecule has 0 bridgehead atoms. The third-order valence-corrected chi connectivity index (χ3v) is 2.59. The number of allylic oxidation sites excluding steroid dienone is 1. The predicted molar refractivity (Wildman–Crippen MR) is 62.6 cm³/mol. The minimum absolute atomic E-state index is 0.0681. The molecule has 94 valence electrons. The fourth-order valence-corrected chi connectivity index (χ4v) is 1.77. The Morgan fingerprint density at radius 2 is 2.41 bits per heavy atom. The Morgan fingerprint density at radius 3 is 2.94 bits per heavy atom. The molecule has 1 aliphatic carbocycles. The lowest BCUT2D eigenvalue weighted by atomic mass is 9.89. The summed E-state index contributed by atoms with van der Waals surface area (Å²) in [5.41, 5.74) is 0. The second-order valence-electron chi connectivity index (χ2n) is 3.87. The van der Waals surface area contributed by atoms with Crippen molar-refractivity contribution in [2.45, 2.75) is 25.3 Å². The van der Waals surface area contributed by atoms with Gasteiger partial charge in [0, 0.05) is 5.92 Å². The van der Waals surface area contributed by atoms with Crippen molar-refractivity contribution in [1.82, 2.24) is 5.32 Å². The molecule has 1 rings (SSSR count). The molecule has 5 nitrogen and oxygen atoms in total. The van der Waals surface area contributed by atoms with E-state index < -0.39 is 18.1 Å². The number of aliphatic carboxylic acids is 1. The molecule has 1 amide bonds. The van der Waals surface area contributed by atoms with Crippen molar-refractivity contribution < 1.29 is 19.4 Å². The predicted octanol–water partition coefficient (Wildman–Crippen LogP) is 1.71. The molecule has 2 N–H and O–H groups in total. The summed E-state index contributed by atoms with van der Waals surface area (Å²) < 4.78 is 4.71. The number of rotatable bonds is 5. The van der Waals surface area contributed by atoms with E-state index in [1.807, 2.05) is 12.2 Å². The molecule has 0 aromatic rings. The number of carboxylic acids is 1. The Labute approximate surface area is 100 Å². The van der Waals surface area contributed by atoms with E-state index in [4.69, 9.17) is 9.84 Å². The molecule has 17 heavy (non-hydrogen) atoms. The van der Waals surface area contributed by atoms with E-state index >= 15 is 0 Å². The average molecular weight is 239 g/mol. The molecule has 0 fully saturated rings. The lowest BCUT2D eigenvalue weighted by molar-refractivity contribution is -0.140. The Balaban J connectivity index is 2.56. The van der Waals surface area contributed by atoms with Gasteiger partial charge in [0.25, 0.3) is 0 Å². The number of carbonyl (C=O) groups excluding carboxylic acids is 1. The van der Waals surface area contributed by atoms with E-state index in [-0.39, 0.29) is 12.5 Å². The number of amides is 1. The fraction of sp³-hybridized carbons (Fsp3) is 0.500. The number of hydrogen-bond acceptors (Lipinski definition) is 3. The van der Waals surface area contributed by atoms with Crippen LogP contribution in [0, 0.1) is 5.92 Å². The minimum Gasteiger partial charge on any atom is -0.480 e. The van der Waals surface area contributed by atoms with E-state index in [1.54, 1.807) is 0 Å². The van der Waals surface area contributed by atoms with Crippen LogP contribution in [-0.2, 0) is 9.53 Å². The van der Waals surface area contributed by atoms with Crippen LogP contribution in [0.4, 0.5) is 4.79 Å². The Hall–Kier alpha value is -1.78. The molecule has 2 atom stereocenters. The van der Waals surface area contributed by atoms with Crippen LogP contribution in [0.5, 0.6) is 0 Å². The van der Waals surface area contributed by atoms with Gasteiger partial charge in [-0.2, -0.15) is 0 Å². The summed E-state index contributed by atoms with van der Waals surface area (Å²) in [4.78, 5) is 22.4.